The van der Waals surface area contributed by atoms with Crippen LogP contribution in [-0.2, 0) is 0 Å². The summed E-state index contributed by atoms with van der Waals surface area (Å²) in [6.07, 6.45) is 2.24. The van der Waals surface area contributed by atoms with Crippen LogP contribution in [0.15, 0.2) is 36.7 Å². The first kappa shape index (κ1) is 21.9. The summed E-state index contributed by atoms with van der Waals surface area (Å²) in [7, 11) is 0. The fourth-order valence-electron chi connectivity index (χ4n) is 4.07. The molecule has 2 aromatic carbocycles. The van der Waals surface area contributed by atoms with E-state index in [1.54, 1.807) is 17.0 Å². The third kappa shape index (κ3) is 4.34. The van der Waals surface area contributed by atoms with Crippen molar-refractivity contribution >= 4 is 56.9 Å². The Kier molecular flexibility index (Phi) is 5.82. The summed E-state index contributed by atoms with van der Waals surface area (Å²) in [5.41, 5.74) is 2.69. The summed E-state index contributed by atoms with van der Waals surface area (Å²) in [5, 5.41) is 14.7. The molecule has 33 heavy (non-hydrogen) atoms. The van der Waals surface area contributed by atoms with Gasteiger partial charge in [0, 0.05) is 23.5 Å². The zero-order valence-corrected chi connectivity index (χ0v) is 19.4. The second-order valence-corrected chi connectivity index (χ2v) is 9.09. The number of likely N-dealkylation sites (tertiary alicyclic amines) is 1. The van der Waals surface area contributed by atoms with Gasteiger partial charge >= 0.3 is 0 Å². The Labute approximate surface area is 200 Å². The summed E-state index contributed by atoms with van der Waals surface area (Å²) >= 11 is 12.6. The molecule has 1 aliphatic rings. The topological polar surface area (TPSA) is 107 Å². The Bertz CT molecular complexity index is 1350. The second-order valence-electron chi connectivity index (χ2n) is 8.24. The van der Waals surface area contributed by atoms with Gasteiger partial charge in [0.25, 0.3) is 5.91 Å². The van der Waals surface area contributed by atoms with E-state index in [2.05, 4.69) is 25.3 Å². The molecule has 1 aliphatic heterocycles. The van der Waals surface area contributed by atoms with E-state index in [9.17, 15) is 9.90 Å². The number of nitrogens with one attached hydrogen (secondary N) is 2. The number of fused-ring (bicyclic) bond motifs is 2. The second kappa shape index (κ2) is 8.78. The standard InChI is InChI=1S/C23H22Cl2N6O2/c1-12(21-29-18-3-2-13(24)8-20(18)30-21)28-22-16-9-17(25)15(10-19(16)26-11-27-22)23(33)31-6-4-14(32)5-7-31/h2-3,8-12,14,32H,4-7H2,1H3,(H,29,30)(H,26,27,28). The minimum atomic E-state index is -0.353. The minimum absolute atomic E-state index is 0.156. The maximum Gasteiger partial charge on any atom is 0.255 e. The molecule has 1 fully saturated rings. The predicted octanol–water partition coefficient (Wildman–Crippen LogP) is 4.58. The summed E-state index contributed by atoms with van der Waals surface area (Å²) in [6, 6.07) is 8.75. The van der Waals surface area contributed by atoms with Gasteiger partial charge in [0.15, 0.2) is 0 Å². The molecule has 4 aromatic rings. The summed E-state index contributed by atoms with van der Waals surface area (Å²) in [4.78, 5) is 31.4. The van der Waals surface area contributed by atoms with Crippen LogP contribution in [0.5, 0.6) is 0 Å². The fourth-order valence-corrected chi connectivity index (χ4v) is 4.48. The third-order valence-electron chi connectivity index (χ3n) is 5.93. The molecule has 0 saturated carbocycles. The SMILES string of the molecule is CC(Nc1ncnc2cc(C(=O)N3CCC(O)CC3)c(Cl)cc12)c1nc2cc(Cl)ccc2[nH]1. The van der Waals surface area contributed by atoms with Gasteiger partial charge in [-0.15, -0.1) is 0 Å². The van der Waals surface area contributed by atoms with Gasteiger partial charge in [-0.3, -0.25) is 4.79 Å². The average Bonchev–Trinajstić information content (AvgIpc) is 3.22. The van der Waals surface area contributed by atoms with Gasteiger partial charge in [0.05, 0.1) is 39.3 Å². The molecular weight excluding hydrogens is 463 g/mol. The summed E-state index contributed by atoms with van der Waals surface area (Å²) < 4.78 is 0. The number of aliphatic hydroxyl groups excluding tert-OH is 1. The lowest BCUT2D eigenvalue weighted by molar-refractivity contribution is 0.0547. The number of hydrogen-bond donors (Lipinski definition) is 3. The van der Waals surface area contributed by atoms with Gasteiger partial charge in [-0.2, -0.15) is 0 Å². The predicted molar refractivity (Wildman–Crippen MR) is 129 cm³/mol. The van der Waals surface area contributed by atoms with Crippen LogP contribution in [0, 0.1) is 0 Å². The first-order chi connectivity index (χ1) is 15.9. The van der Waals surface area contributed by atoms with Gasteiger partial charge in [0.1, 0.15) is 18.0 Å². The highest BCUT2D eigenvalue weighted by Crippen LogP contribution is 2.30. The molecule has 0 radical (unpaired) electrons. The number of hydrogen-bond acceptors (Lipinski definition) is 6. The number of benzene rings is 2. The largest absolute Gasteiger partial charge is 0.393 e. The van der Waals surface area contributed by atoms with E-state index in [0.717, 1.165) is 16.9 Å². The number of imidazole rings is 1. The van der Waals surface area contributed by atoms with Crippen LogP contribution in [0.4, 0.5) is 5.82 Å². The minimum Gasteiger partial charge on any atom is -0.393 e. The summed E-state index contributed by atoms with van der Waals surface area (Å²) in [6.45, 7) is 2.98. The zero-order chi connectivity index (χ0) is 23.1. The van der Waals surface area contributed by atoms with Crippen molar-refractivity contribution in [2.45, 2.75) is 31.9 Å². The number of piperidine rings is 1. The molecule has 10 heteroatoms. The lowest BCUT2D eigenvalue weighted by atomic mass is 10.1. The number of carbonyl (C=O) groups is 1. The normalized spacial score (nSPS) is 15.8. The van der Waals surface area contributed by atoms with Gasteiger partial charge in [-0.1, -0.05) is 23.2 Å². The van der Waals surface area contributed by atoms with Gasteiger partial charge in [0.2, 0.25) is 0 Å². The number of aromatic amines is 1. The van der Waals surface area contributed by atoms with Crippen molar-refractivity contribution in [1.82, 2.24) is 24.8 Å². The van der Waals surface area contributed by atoms with Crippen LogP contribution < -0.4 is 5.32 Å². The highest BCUT2D eigenvalue weighted by Gasteiger charge is 2.25. The number of halogens is 2. The number of anilines is 1. The molecule has 0 bridgehead atoms. The highest BCUT2D eigenvalue weighted by atomic mass is 35.5. The van der Waals surface area contributed by atoms with E-state index in [4.69, 9.17) is 23.2 Å². The number of nitrogens with zero attached hydrogens (tertiary/aromatic N) is 4. The Morgan fingerprint density at radius 2 is 1.97 bits per heavy atom. The van der Waals surface area contributed by atoms with Crippen LogP contribution in [0.2, 0.25) is 10.0 Å². The number of aliphatic hydroxyl groups is 1. The van der Waals surface area contributed by atoms with E-state index >= 15 is 0 Å². The van der Waals surface area contributed by atoms with E-state index in [-0.39, 0.29) is 18.1 Å². The van der Waals surface area contributed by atoms with Crippen LogP contribution in [0.3, 0.4) is 0 Å². The van der Waals surface area contributed by atoms with Crippen molar-refractivity contribution in [3.63, 3.8) is 0 Å². The van der Waals surface area contributed by atoms with Gasteiger partial charge in [-0.05, 0) is 50.1 Å². The molecule has 1 atom stereocenters. The maximum atomic E-state index is 13.0. The fraction of sp³-hybridized carbons (Fsp3) is 0.304. The molecule has 5 rings (SSSR count). The van der Waals surface area contributed by atoms with Crippen molar-refractivity contribution in [3.8, 4) is 0 Å². The first-order valence-electron chi connectivity index (χ1n) is 10.7. The quantitative estimate of drug-likeness (QED) is 0.391. The molecule has 170 valence electrons. The third-order valence-corrected chi connectivity index (χ3v) is 6.48. The Morgan fingerprint density at radius 3 is 2.76 bits per heavy atom. The Balaban J connectivity index is 1.43. The number of amides is 1. The molecule has 3 heterocycles. The molecule has 3 N–H and O–H groups in total. The van der Waals surface area contributed by atoms with Crippen molar-refractivity contribution < 1.29 is 9.90 Å². The monoisotopic (exact) mass is 484 g/mol. The molecule has 0 spiro atoms. The van der Waals surface area contributed by atoms with Crippen LogP contribution in [0.25, 0.3) is 21.9 Å². The van der Waals surface area contributed by atoms with Crippen molar-refractivity contribution in [1.29, 1.82) is 0 Å². The molecule has 2 aromatic heterocycles. The number of H-pyrrole nitrogens is 1. The van der Waals surface area contributed by atoms with E-state index < -0.39 is 0 Å². The molecular formula is C23H22Cl2N6O2. The smallest absolute Gasteiger partial charge is 0.255 e. The van der Waals surface area contributed by atoms with Gasteiger partial charge in [-0.25, -0.2) is 15.0 Å². The average molecular weight is 485 g/mol. The number of aromatic nitrogens is 4. The van der Waals surface area contributed by atoms with E-state index in [1.165, 1.54) is 6.33 Å². The maximum absolute atomic E-state index is 13.0. The van der Waals surface area contributed by atoms with Crippen LogP contribution >= 0.6 is 23.2 Å². The van der Waals surface area contributed by atoms with E-state index in [0.29, 0.717) is 58.3 Å². The van der Waals surface area contributed by atoms with Crippen LogP contribution in [0.1, 0.15) is 42.0 Å². The van der Waals surface area contributed by atoms with Crippen LogP contribution in [-0.4, -0.2) is 55.0 Å². The molecule has 8 nitrogen and oxygen atoms in total. The molecule has 0 aliphatic carbocycles. The first-order valence-corrected chi connectivity index (χ1v) is 11.5. The molecule has 1 unspecified atom stereocenters. The molecule has 1 amide bonds. The highest BCUT2D eigenvalue weighted by molar-refractivity contribution is 6.35. The van der Waals surface area contributed by atoms with Crippen molar-refractivity contribution in [2.75, 3.05) is 18.4 Å². The Hall–Kier alpha value is -2.94. The number of carbonyl (C=O) groups excluding carboxylic acids is 1. The Morgan fingerprint density at radius 1 is 1.18 bits per heavy atom. The summed E-state index contributed by atoms with van der Waals surface area (Å²) in [5.74, 6) is 1.17. The van der Waals surface area contributed by atoms with E-state index in [1.807, 2.05) is 25.1 Å². The van der Waals surface area contributed by atoms with Crippen molar-refractivity contribution in [2.24, 2.45) is 0 Å². The van der Waals surface area contributed by atoms with Crippen molar-refractivity contribution in [3.05, 3.63) is 58.1 Å². The van der Waals surface area contributed by atoms with Gasteiger partial charge < -0.3 is 20.3 Å². The zero-order valence-electron chi connectivity index (χ0n) is 17.8. The lowest BCUT2D eigenvalue weighted by Gasteiger charge is -2.30. The lowest BCUT2D eigenvalue weighted by Crippen LogP contribution is -2.40. The number of rotatable bonds is 4. The molecule has 1 saturated heterocycles.